The predicted octanol–water partition coefficient (Wildman–Crippen LogP) is 4.06. The zero-order valence-electron chi connectivity index (χ0n) is 12.6. The number of ether oxygens (including phenoxy) is 1. The van der Waals surface area contributed by atoms with Crippen LogP contribution in [-0.2, 0) is 17.8 Å². The molecule has 2 aromatic rings. The molecule has 0 spiro atoms. The SMILES string of the molecule is COc1c(Cl)cc(NCC(=O)N2CCc3sccc3C2)cc1Cl. The molecule has 122 valence electrons. The van der Waals surface area contributed by atoms with Crippen molar-refractivity contribution in [2.45, 2.75) is 13.0 Å². The van der Waals surface area contributed by atoms with Crippen molar-refractivity contribution < 1.29 is 9.53 Å². The van der Waals surface area contributed by atoms with Crippen molar-refractivity contribution in [2.75, 3.05) is 25.5 Å². The number of amides is 1. The summed E-state index contributed by atoms with van der Waals surface area (Å²) in [5.41, 5.74) is 1.95. The lowest BCUT2D eigenvalue weighted by Crippen LogP contribution is -2.38. The second kappa shape index (κ2) is 6.99. The second-order valence-electron chi connectivity index (χ2n) is 5.26. The monoisotopic (exact) mass is 370 g/mol. The van der Waals surface area contributed by atoms with Gasteiger partial charge in [-0.25, -0.2) is 0 Å². The third-order valence-corrected chi connectivity index (χ3v) is 5.39. The Morgan fingerprint density at radius 2 is 2.13 bits per heavy atom. The highest BCUT2D eigenvalue weighted by atomic mass is 35.5. The number of anilines is 1. The highest BCUT2D eigenvalue weighted by molar-refractivity contribution is 7.10. The third-order valence-electron chi connectivity index (χ3n) is 3.81. The van der Waals surface area contributed by atoms with Gasteiger partial charge >= 0.3 is 0 Å². The minimum atomic E-state index is 0.0601. The van der Waals surface area contributed by atoms with Crippen LogP contribution in [0.25, 0.3) is 0 Å². The molecule has 4 nitrogen and oxygen atoms in total. The number of carbonyl (C=O) groups excluding carboxylic acids is 1. The number of fused-ring (bicyclic) bond motifs is 1. The first-order valence-electron chi connectivity index (χ1n) is 7.18. The van der Waals surface area contributed by atoms with E-state index in [1.165, 1.54) is 17.6 Å². The Hall–Kier alpha value is -1.43. The number of halogens is 2. The van der Waals surface area contributed by atoms with E-state index in [1.54, 1.807) is 23.5 Å². The first-order chi connectivity index (χ1) is 11.1. The summed E-state index contributed by atoms with van der Waals surface area (Å²) in [6.45, 7) is 1.65. The van der Waals surface area contributed by atoms with E-state index in [9.17, 15) is 4.79 Å². The van der Waals surface area contributed by atoms with E-state index in [4.69, 9.17) is 27.9 Å². The Morgan fingerprint density at radius 3 is 2.83 bits per heavy atom. The molecule has 3 rings (SSSR count). The minimum absolute atomic E-state index is 0.0601. The lowest BCUT2D eigenvalue weighted by Gasteiger charge is -2.27. The van der Waals surface area contributed by atoms with E-state index in [0.717, 1.165) is 13.0 Å². The van der Waals surface area contributed by atoms with Crippen LogP contribution in [0.15, 0.2) is 23.6 Å². The van der Waals surface area contributed by atoms with Crippen LogP contribution < -0.4 is 10.1 Å². The number of hydrogen-bond donors (Lipinski definition) is 1. The fourth-order valence-electron chi connectivity index (χ4n) is 2.61. The third kappa shape index (κ3) is 3.57. The molecule has 0 saturated heterocycles. The average molecular weight is 371 g/mol. The lowest BCUT2D eigenvalue weighted by molar-refractivity contribution is -0.130. The van der Waals surface area contributed by atoms with Gasteiger partial charge in [-0.1, -0.05) is 23.2 Å². The van der Waals surface area contributed by atoms with Crippen LogP contribution in [0.5, 0.6) is 5.75 Å². The van der Waals surface area contributed by atoms with Gasteiger partial charge in [0, 0.05) is 23.7 Å². The number of methoxy groups -OCH3 is 1. The summed E-state index contributed by atoms with van der Waals surface area (Å²) in [7, 11) is 1.51. The zero-order chi connectivity index (χ0) is 16.4. The number of nitrogens with one attached hydrogen (secondary N) is 1. The van der Waals surface area contributed by atoms with Crippen molar-refractivity contribution in [2.24, 2.45) is 0 Å². The Labute approximate surface area is 149 Å². The fraction of sp³-hybridized carbons (Fsp3) is 0.312. The van der Waals surface area contributed by atoms with Crippen LogP contribution in [-0.4, -0.2) is 31.0 Å². The maximum Gasteiger partial charge on any atom is 0.242 e. The molecule has 1 aromatic carbocycles. The standard InChI is InChI=1S/C16H16Cl2N2O2S/c1-22-16-12(17)6-11(7-13(16)18)19-8-15(21)20-4-2-14-10(9-20)3-5-23-14/h3,5-7,19H,2,4,8-9H2,1H3. The Bertz CT molecular complexity index is 710. The fourth-order valence-corrected chi connectivity index (χ4v) is 4.14. The highest BCUT2D eigenvalue weighted by Gasteiger charge is 2.21. The summed E-state index contributed by atoms with van der Waals surface area (Å²) < 4.78 is 5.11. The molecule has 0 bridgehead atoms. The van der Waals surface area contributed by atoms with E-state index in [0.29, 0.717) is 28.0 Å². The molecule has 0 atom stereocenters. The molecule has 0 radical (unpaired) electrons. The molecule has 7 heteroatoms. The van der Waals surface area contributed by atoms with E-state index in [-0.39, 0.29) is 12.5 Å². The van der Waals surface area contributed by atoms with Crippen molar-refractivity contribution in [3.8, 4) is 5.75 Å². The van der Waals surface area contributed by atoms with Crippen LogP contribution in [0.3, 0.4) is 0 Å². The molecule has 0 unspecified atom stereocenters. The number of carbonyl (C=O) groups is 1. The first-order valence-corrected chi connectivity index (χ1v) is 8.82. The molecule has 1 N–H and O–H groups in total. The van der Waals surface area contributed by atoms with Gasteiger partial charge in [0.25, 0.3) is 0 Å². The highest BCUT2D eigenvalue weighted by Crippen LogP contribution is 2.35. The van der Waals surface area contributed by atoms with Gasteiger partial charge in [0.05, 0.1) is 23.7 Å². The Kier molecular flexibility index (Phi) is 4.99. The average Bonchev–Trinajstić information content (AvgIpc) is 3.00. The van der Waals surface area contributed by atoms with Gasteiger partial charge in [0.15, 0.2) is 5.75 Å². The van der Waals surface area contributed by atoms with Gasteiger partial charge in [0.1, 0.15) is 0 Å². The number of thiophene rings is 1. The number of rotatable bonds is 4. The molecular formula is C16H16Cl2N2O2S. The van der Waals surface area contributed by atoms with Crippen molar-refractivity contribution >= 4 is 46.1 Å². The molecule has 2 heterocycles. The maximum absolute atomic E-state index is 12.4. The maximum atomic E-state index is 12.4. The molecule has 1 aromatic heterocycles. The van der Waals surface area contributed by atoms with Gasteiger partial charge in [0.2, 0.25) is 5.91 Å². The number of nitrogens with zero attached hydrogens (tertiary/aromatic N) is 1. The van der Waals surface area contributed by atoms with Crippen LogP contribution in [0.4, 0.5) is 5.69 Å². The van der Waals surface area contributed by atoms with E-state index >= 15 is 0 Å². The largest absolute Gasteiger partial charge is 0.494 e. The Balaban J connectivity index is 1.62. The summed E-state index contributed by atoms with van der Waals surface area (Å²) in [6.07, 6.45) is 0.929. The molecule has 1 aliphatic rings. The van der Waals surface area contributed by atoms with Gasteiger partial charge in [-0.15, -0.1) is 11.3 Å². The summed E-state index contributed by atoms with van der Waals surface area (Å²) >= 11 is 14.0. The predicted molar refractivity (Wildman–Crippen MR) is 94.9 cm³/mol. The first kappa shape index (κ1) is 16.4. The van der Waals surface area contributed by atoms with Crippen LogP contribution in [0, 0.1) is 0 Å². The quantitative estimate of drug-likeness (QED) is 0.881. The molecule has 23 heavy (non-hydrogen) atoms. The van der Waals surface area contributed by atoms with Gasteiger partial charge in [-0.3, -0.25) is 4.79 Å². The normalized spacial score (nSPS) is 13.6. The summed E-state index contributed by atoms with van der Waals surface area (Å²) in [5, 5.41) is 5.99. The van der Waals surface area contributed by atoms with E-state index in [2.05, 4.69) is 16.8 Å². The molecule has 1 amide bonds. The van der Waals surface area contributed by atoms with Crippen LogP contribution >= 0.6 is 34.5 Å². The van der Waals surface area contributed by atoms with Crippen LogP contribution in [0.2, 0.25) is 10.0 Å². The van der Waals surface area contributed by atoms with Crippen molar-refractivity contribution in [3.05, 3.63) is 44.1 Å². The number of hydrogen-bond acceptors (Lipinski definition) is 4. The summed E-state index contributed by atoms with van der Waals surface area (Å²) in [4.78, 5) is 15.6. The summed E-state index contributed by atoms with van der Waals surface area (Å²) in [6, 6.07) is 5.50. The van der Waals surface area contributed by atoms with E-state index in [1.807, 2.05) is 4.90 Å². The van der Waals surface area contributed by atoms with Gasteiger partial charge in [-0.2, -0.15) is 0 Å². The molecular weight excluding hydrogens is 355 g/mol. The van der Waals surface area contributed by atoms with Crippen molar-refractivity contribution in [1.29, 1.82) is 0 Å². The van der Waals surface area contributed by atoms with Crippen molar-refractivity contribution in [3.63, 3.8) is 0 Å². The topological polar surface area (TPSA) is 41.6 Å². The molecule has 0 saturated carbocycles. The Morgan fingerprint density at radius 1 is 1.39 bits per heavy atom. The van der Waals surface area contributed by atoms with Gasteiger partial charge < -0.3 is 15.0 Å². The van der Waals surface area contributed by atoms with Crippen molar-refractivity contribution in [1.82, 2.24) is 4.90 Å². The zero-order valence-corrected chi connectivity index (χ0v) is 14.9. The minimum Gasteiger partial charge on any atom is -0.494 e. The smallest absolute Gasteiger partial charge is 0.242 e. The molecule has 0 aliphatic carbocycles. The van der Waals surface area contributed by atoms with Crippen LogP contribution in [0.1, 0.15) is 10.4 Å². The number of benzene rings is 1. The summed E-state index contributed by atoms with van der Waals surface area (Å²) in [5.74, 6) is 0.496. The molecule has 0 fully saturated rings. The second-order valence-corrected chi connectivity index (χ2v) is 7.08. The molecule has 1 aliphatic heterocycles. The van der Waals surface area contributed by atoms with Gasteiger partial charge in [-0.05, 0) is 35.6 Å². The lowest BCUT2D eigenvalue weighted by atomic mass is 10.1. The van der Waals surface area contributed by atoms with E-state index < -0.39 is 0 Å².